The lowest BCUT2D eigenvalue weighted by Gasteiger charge is -2.26. The van der Waals surface area contributed by atoms with Gasteiger partial charge in [-0.1, -0.05) is 0 Å². The average Bonchev–Trinajstić information content (AvgIpc) is 3.81. The summed E-state index contributed by atoms with van der Waals surface area (Å²) in [6.07, 6.45) is 5.23. The summed E-state index contributed by atoms with van der Waals surface area (Å²) in [6.45, 7) is -0.981. The minimum absolute atomic E-state index is 0.106. The van der Waals surface area contributed by atoms with Gasteiger partial charge in [0, 0.05) is 43.0 Å². The Morgan fingerprint density at radius 3 is 1.63 bits per heavy atom. The number of hydrogen-bond acceptors (Lipinski definition) is 13. The summed E-state index contributed by atoms with van der Waals surface area (Å²) in [4.78, 5) is 114. The fraction of sp³-hybridized carbons (Fsp3) is 0.517. The number of primary amides is 1. The Hall–Kier alpha value is -5.55. The molecule has 2 rings (SSSR count). The van der Waals surface area contributed by atoms with Crippen molar-refractivity contribution in [3.63, 3.8) is 0 Å². The zero-order valence-corrected chi connectivity index (χ0v) is 28.8. The summed E-state index contributed by atoms with van der Waals surface area (Å²) in [5.41, 5.74) is 11.9. The fourth-order valence-electron chi connectivity index (χ4n) is 4.52. The maximum Gasteiger partial charge on any atom is 0.326 e. The molecule has 23 heteroatoms. The standard InChI is InChI=1S/C29H43N11O11S/c1-52-5-4-16(30)24(45)37-18(6-14-9-32-12-34-14)27(48)40-21(11-41)28(49)36-17(2-3-22(31)42)25(46)38-19(7-15-10-33-13-35-15)26(47)39-20(29(50)51)8-23(43)44/h9-10,12-13,16-21,41H,2-8,11,30H2,1H3,(H2,31,42)(H,32,34)(H,33,35)(H,36,49)(H,37,45)(H,38,46)(H,39,47)(H,40,48)(H,43,44)(H,50,51)/t16-,17-,18-,19-,20-,21-/m0/s1. The van der Waals surface area contributed by atoms with Crippen molar-refractivity contribution in [3.05, 3.63) is 36.4 Å². The predicted octanol–water partition coefficient (Wildman–Crippen LogP) is -4.76. The summed E-state index contributed by atoms with van der Waals surface area (Å²) in [5, 5.41) is 40.0. The first-order chi connectivity index (χ1) is 24.6. The molecule has 2 aromatic heterocycles. The lowest BCUT2D eigenvalue weighted by atomic mass is 10.1. The molecule has 0 spiro atoms. The van der Waals surface area contributed by atoms with Crippen molar-refractivity contribution >= 4 is 59.1 Å². The fourth-order valence-corrected chi connectivity index (χ4v) is 5.01. The number of H-pyrrole nitrogens is 2. The lowest BCUT2D eigenvalue weighted by Crippen LogP contribution is -2.60. The first kappa shape index (κ1) is 42.6. The third-order valence-electron chi connectivity index (χ3n) is 7.31. The van der Waals surface area contributed by atoms with Crippen LogP contribution >= 0.6 is 11.8 Å². The Morgan fingerprint density at radius 1 is 0.731 bits per heavy atom. The molecule has 0 aliphatic heterocycles. The number of nitrogens with one attached hydrogen (secondary N) is 7. The van der Waals surface area contributed by atoms with E-state index in [4.69, 9.17) is 16.6 Å². The van der Waals surface area contributed by atoms with Crippen molar-refractivity contribution in [2.24, 2.45) is 11.5 Å². The summed E-state index contributed by atoms with van der Waals surface area (Å²) in [5.74, 6) is -8.29. The van der Waals surface area contributed by atoms with Crippen molar-refractivity contribution in [1.82, 2.24) is 46.5 Å². The van der Waals surface area contributed by atoms with Crippen LogP contribution < -0.4 is 38.1 Å². The molecular weight excluding hydrogens is 710 g/mol. The molecule has 2 heterocycles. The number of thioether (sulfide) groups is 1. The van der Waals surface area contributed by atoms with Gasteiger partial charge in [0.2, 0.25) is 35.4 Å². The van der Waals surface area contributed by atoms with Gasteiger partial charge >= 0.3 is 11.9 Å². The van der Waals surface area contributed by atoms with Crippen LogP contribution in [-0.4, -0.2) is 138 Å². The first-order valence-electron chi connectivity index (χ1n) is 15.7. The largest absolute Gasteiger partial charge is 0.481 e. The topological polar surface area (TPSA) is 367 Å². The van der Waals surface area contributed by atoms with Crippen LogP contribution in [0.4, 0.5) is 0 Å². The zero-order chi connectivity index (χ0) is 38.8. The van der Waals surface area contributed by atoms with Gasteiger partial charge in [0.15, 0.2) is 0 Å². The number of imidazole rings is 2. The van der Waals surface area contributed by atoms with Crippen molar-refractivity contribution in [2.45, 2.75) is 74.8 Å². The number of carboxylic acids is 2. The van der Waals surface area contributed by atoms with Crippen LogP contribution in [0.25, 0.3) is 0 Å². The smallest absolute Gasteiger partial charge is 0.326 e. The number of aliphatic hydroxyl groups excluding tert-OH is 1. The predicted molar refractivity (Wildman–Crippen MR) is 181 cm³/mol. The molecule has 0 saturated carbocycles. The molecule has 0 unspecified atom stereocenters. The number of carboxylic acid groups (broad SMARTS) is 2. The molecule has 6 atom stereocenters. The van der Waals surface area contributed by atoms with Crippen LogP contribution in [-0.2, 0) is 51.2 Å². The third kappa shape index (κ3) is 14.7. The highest BCUT2D eigenvalue weighted by molar-refractivity contribution is 7.98. The lowest BCUT2D eigenvalue weighted by molar-refractivity contribution is -0.147. The van der Waals surface area contributed by atoms with E-state index in [1.54, 1.807) is 0 Å². The van der Waals surface area contributed by atoms with Crippen LogP contribution in [0.1, 0.15) is 37.1 Å². The maximum absolute atomic E-state index is 13.5. The second-order valence-corrected chi connectivity index (χ2v) is 12.4. The molecule has 22 nitrogen and oxygen atoms in total. The van der Waals surface area contributed by atoms with E-state index in [1.807, 2.05) is 11.6 Å². The summed E-state index contributed by atoms with van der Waals surface area (Å²) in [7, 11) is 0. The number of rotatable bonds is 24. The van der Waals surface area contributed by atoms with E-state index in [9.17, 15) is 48.6 Å². The van der Waals surface area contributed by atoms with E-state index in [0.29, 0.717) is 23.6 Å². The van der Waals surface area contributed by atoms with Gasteiger partial charge in [-0.3, -0.25) is 33.6 Å². The number of amides is 6. The number of aliphatic carboxylic acids is 2. The van der Waals surface area contributed by atoms with Crippen LogP contribution in [0.3, 0.4) is 0 Å². The van der Waals surface area contributed by atoms with Gasteiger partial charge in [-0.15, -0.1) is 0 Å². The van der Waals surface area contributed by atoms with Gasteiger partial charge in [0.05, 0.1) is 31.7 Å². The molecule has 0 aromatic carbocycles. The number of aromatic nitrogens is 4. The second kappa shape index (κ2) is 21.6. The van der Waals surface area contributed by atoms with Crippen LogP contribution in [0.5, 0.6) is 0 Å². The Kier molecular flexibility index (Phi) is 17.7. The van der Waals surface area contributed by atoms with Crippen molar-refractivity contribution in [2.75, 3.05) is 18.6 Å². The monoisotopic (exact) mass is 753 g/mol. The van der Waals surface area contributed by atoms with Crippen molar-refractivity contribution < 1.29 is 53.7 Å². The summed E-state index contributed by atoms with van der Waals surface area (Å²) >= 11 is 1.47. The highest BCUT2D eigenvalue weighted by atomic mass is 32.2. The Morgan fingerprint density at radius 2 is 1.19 bits per heavy atom. The van der Waals surface area contributed by atoms with Crippen molar-refractivity contribution in [1.29, 1.82) is 0 Å². The minimum Gasteiger partial charge on any atom is -0.481 e. The van der Waals surface area contributed by atoms with E-state index in [2.05, 4.69) is 41.2 Å². The van der Waals surface area contributed by atoms with Gasteiger partial charge in [-0.25, -0.2) is 14.8 Å². The molecule has 0 bridgehead atoms. The molecule has 6 amide bonds. The number of nitrogens with two attached hydrogens (primary N) is 2. The molecular formula is C29H43N11O11S. The number of carbonyl (C=O) groups is 8. The molecule has 0 radical (unpaired) electrons. The number of carbonyl (C=O) groups excluding carboxylic acids is 6. The van der Waals surface area contributed by atoms with Crippen LogP contribution in [0, 0.1) is 0 Å². The van der Waals surface area contributed by atoms with E-state index in [1.165, 1.54) is 36.8 Å². The van der Waals surface area contributed by atoms with E-state index in [0.717, 1.165) is 0 Å². The number of aliphatic hydroxyl groups is 1. The Bertz CT molecular complexity index is 1520. The van der Waals surface area contributed by atoms with Gasteiger partial charge in [0.25, 0.3) is 0 Å². The molecule has 14 N–H and O–H groups in total. The quantitative estimate of drug-likeness (QED) is 0.0479. The van der Waals surface area contributed by atoms with Crippen molar-refractivity contribution in [3.8, 4) is 0 Å². The van der Waals surface area contributed by atoms with Gasteiger partial charge in [-0.2, -0.15) is 11.8 Å². The average molecular weight is 754 g/mol. The maximum atomic E-state index is 13.5. The molecule has 0 aliphatic rings. The Labute approximate surface area is 300 Å². The summed E-state index contributed by atoms with van der Waals surface area (Å²) < 4.78 is 0. The summed E-state index contributed by atoms with van der Waals surface area (Å²) in [6, 6.07) is -8.96. The highest BCUT2D eigenvalue weighted by Gasteiger charge is 2.33. The first-order valence-corrected chi connectivity index (χ1v) is 17.1. The van der Waals surface area contributed by atoms with E-state index >= 15 is 0 Å². The Balaban J connectivity index is 2.26. The van der Waals surface area contributed by atoms with E-state index in [-0.39, 0.29) is 12.8 Å². The van der Waals surface area contributed by atoms with Gasteiger partial charge in [-0.05, 0) is 24.9 Å². The van der Waals surface area contributed by atoms with Crippen LogP contribution in [0.2, 0.25) is 0 Å². The zero-order valence-electron chi connectivity index (χ0n) is 28.0. The van der Waals surface area contributed by atoms with Gasteiger partial charge < -0.3 is 63.3 Å². The number of hydrogen-bond donors (Lipinski definition) is 12. The SMILES string of the molecule is CSCC[C@H](N)C(=O)N[C@@H](Cc1cnc[nH]1)C(=O)N[C@@H](CO)C(=O)N[C@@H](CCC(N)=O)C(=O)N[C@@H](Cc1cnc[nH]1)C(=O)N[C@@H](CC(=O)O)C(=O)O. The number of nitrogens with zero attached hydrogens (tertiary/aromatic N) is 2. The van der Waals surface area contributed by atoms with Gasteiger partial charge in [0.1, 0.15) is 30.2 Å². The third-order valence-corrected chi connectivity index (χ3v) is 7.96. The molecule has 286 valence electrons. The molecule has 0 fully saturated rings. The second-order valence-electron chi connectivity index (χ2n) is 11.4. The van der Waals surface area contributed by atoms with Crippen LogP contribution in [0.15, 0.2) is 25.0 Å². The normalized spacial score (nSPS) is 14.4. The molecule has 0 aliphatic carbocycles. The highest BCUT2D eigenvalue weighted by Crippen LogP contribution is 2.07. The molecule has 52 heavy (non-hydrogen) atoms. The minimum atomic E-state index is -1.86. The van der Waals surface area contributed by atoms with E-state index < -0.39 is 110 Å². The number of aromatic amines is 2. The molecule has 0 saturated heterocycles. The molecule has 2 aromatic rings.